The molecule has 0 aliphatic rings. The molecular formula is C10H8FN3O3. The molecule has 88 valence electrons. The first-order valence-electron chi connectivity index (χ1n) is 4.61. The largest absolute Gasteiger partial charge is 0.496 e. The molecule has 0 aliphatic heterocycles. The van der Waals surface area contributed by atoms with Gasteiger partial charge in [-0.05, 0) is 18.2 Å². The Bertz CT molecular complexity index is 568. The van der Waals surface area contributed by atoms with Gasteiger partial charge < -0.3 is 9.84 Å². The summed E-state index contributed by atoms with van der Waals surface area (Å²) in [6, 6.07) is 3.82. The summed E-state index contributed by atoms with van der Waals surface area (Å²) >= 11 is 0. The quantitative estimate of drug-likeness (QED) is 0.840. The monoisotopic (exact) mass is 237 g/mol. The molecule has 0 saturated heterocycles. The Morgan fingerprint density at radius 1 is 1.53 bits per heavy atom. The third kappa shape index (κ3) is 2.07. The van der Waals surface area contributed by atoms with Crippen molar-refractivity contribution in [2.75, 3.05) is 7.11 Å². The number of carboxylic acid groups (broad SMARTS) is 1. The summed E-state index contributed by atoms with van der Waals surface area (Å²) in [5.74, 6) is -1.60. The molecule has 2 rings (SSSR count). The van der Waals surface area contributed by atoms with Crippen LogP contribution >= 0.6 is 0 Å². The Morgan fingerprint density at radius 2 is 2.29 bits per heavy atom. The molecule has 0 radical (unpaired) electrons. The van der Waals surface area contributed by atoms with Crippen molar-refractivity contribution in [3.63, 3.8) is 0 Å². The molecule has 7 heteroatoms. The third-order valence-electron chi connectivity index (χ3n) is 2.09. The van der Waals surface area contributed by atoms with Gasteiger partial charge in [0.15, 0.2) is 5.82 Å². The average Bonchev–Trinajstić information content (AvgIpc) is 2.78. The van der Waals surface area contributed by atoms with Gasteiger partial charge in [-0.3, -0.25) is 5.10 Å². The second-order valence-corrected chi connectivity index (χ2v) is 3.16. The van der Waals surface area contributed by atoms with Gasteiger partial charge >= 0.3 is 5.97 Å². The number of hydrogen-bond donors (Lipinski definition) is 2. The van der Waals surface area contributed by atoms with E-state index >= 15 is 0 Å². The molecule has 0 unspecified atom stereocenters. The number of carbonyl (C=O) groups is 1. The summed E-state index contributed by atoms with van der Waals surface area (Å²) in [5, 5.41) is 14.6. The fourth-order valence-corrected chi connectivity index (χ4v) is 1.33. The Labute approximate surface area is 95.1 Å². The van der Waals surface area contributed by atoms with Crippen LogP contribution in [0.15, 0.2) is 18.2 Å². The Kier molecular flexibility index (Phi) is 2.73. The highest BCUT2D eigenvalue weighted by molar-refractivity contribution is 5.83. The van der Waals surface area contributed by atoms with Crippen LogP contribution in [0.3, 0.4) is 0 Å². The number of aromatic amines is 1. The van der Waals surface area contributed by atoms with Gasteiger partial charge in [0.25, 0.3) is 0 Å². The van der Waals surface area contributed by atoms with Crippen LogP contribution in [0.2, 0.25) is 0 Å². The molecule has 6 nitrogen and oxygen atoms in total. The van der Waals surface area contributed by atoms with E-state index in [2.05, 4.69) is 15.2 Å². The minimum Gasteiger partial charge on any atom is -0.496 e. The minimum absolute atomic E-state index is 0.0683. The van der Waals surface area contributed by atoms with Gasteiger partial charge in [0.05, 0.1) is 12.7 Å². The Hall–Kier alpha value is -2.44. The molecule has 0 bridgehead atoms. The molecule has 0 aliphatic carbocycles. The number of H-pyrrole nitrogens is 1. The molecular weight excluding hydrogens is 229 g/mol. The van der Waals surface area contributed by atoms with Crippen molar-refractivity contribution in [2.45, 2.75) is 0 Å². The van der Waals surface area contributed by atoms with Gasteiger partial charge in [-0.2, -0.15) is 5.10 Å². The molecule has 0 fully saturated rings. The van der Waals surface area contributed by atoms with Crippen molar-refractivity contribution in [3.8, 4) is 17.1 Å². The number of hydrogen-bond acceptors (Lipinski definition) is 4. The van der Waals surface area contributed by atoms with E-state index in [0.717, 1.165) is 0 Å². The van der Waals surface area contributed by atoms with E-state index in [-0.39, 0.29) is 17.2 Å². The molecule has 1 aromatic heterocycles. The standard InChI is InChI=1S/C10H8FN3O3/c1-17-7-3-2-5(11)4-6(7)8-12-9(10(15)16)14-13-8/h2-4H,1H3,(H,15,16)(H,12,13,14). The van der Waals surface area contributed by atoms with Gasteiger partial charge in [0, 0.05) is 0 Å². The number of methoxy groups -OCH3 is 1. The number of aromatic carboxylic acids is 1. The number of halogens is 1. The summed E-state index contributed by atoms with van der Waals surface area (Å²) in [7, 11) is 1.42. The molecule has 0 saturated carbocycles. The first kappa shape index (κ1) is 11.1. The van der Waals surface area contributed by atoms with Crippen LogP contribution in [0.25, 0.3) is 11.4 Å². The highest BCUT2D eigenvalue weighted by Gasteiger charge is 2.15. The van der Waals surface area contributed by atoms with Crippen molar-refractivity contribution in [1.82, 2.24) is 15.2 Å². The van der Waals surface area contributed by atoms with Crippen molar-refractivity contribution >= 4 is 5.97 Å². The molecule has 0 atom stereocenters. The van der Waals surface area contributed by atoms with E-state index in [0.29, 0.717) is 5.75 Å². The SMILES string of the molecule is COc1ccc(F)cc1-c1n[nH]c(C(=O)O)n1. The highest BCUT2D eigenvalue weighted by atomic mass is 19.1. The van der Waals surface area contributed by atoms with E-state index in [4.69, 9.17) is 9.84 Å². The highest BCUT2D eigenvalue weighted by Crippen LogP contribution is 2.27. The second kappa shape index (κ2) is 4.20. The maximum absolute atomic E-state index is 13.1. The Balaban J connectivity index is 2.51. The number of ether oxygens (including phenoxy) is 1. The number of aromatic nitrogens is 3. The van der Waals surface area contributed by atoms with Crippen LogP contribution < -0.4 is 4.74 Å². The molecule has 0 spiro atoms. The van der Waals surface area contributed by atoms with E-state index < -0.39 is 11.8 Å². The first-order chi connectivity index (χ1) is 8.11. The van der Waals surface area contributed by atoms with Crippen molar-refractivity contribution in [2.24, 2.45) is 0 Å². The van der Waals surface area contributed by atoms with Crippen LogP contribution in [-0.2, 0) is 0 Å². The van der Waals surface area contributed by atoms with Crippen LogP contribution in [0.5, 0.6) is 5.75 Å². The first-order valence-corrected chi connectivity index (χ1v) is 4.61. The maximum atomic E-state index is 13.1. The molecule has 0 amide bonds. The fraction of sp³-hybridized carbons (Fsp3) is 0.100. The van der Waals surface area contributed by atoms with Gasteiger partial charge in [0.1, 0.15) is 11.6 Å². The number of nitrogens with one attached hydrogen (secondary N) is 1. The summed E-state index contributed by atoms with van der Waals surface area (Å²) in [4.78, 5) is 14.3. The lowest BCUT2D eigenvalue weighted by Crippen LogP contribution is -1.98. The third-order valence-corrected chi connectivity index (χ3v) is 2.09. The molecule has 2 aromatic rings. The summed E-state index contributed by atoms with van der Waals surface area (Å²) in [5.41, 5.74) is 0.288. The number of nitrogens with zero attached hydrogens (tertiary/aromatic N) is 2. The lowest BCUT2D eigenvalue weighted by atomic mass is 10.2. The van der Waals surface area contributed by atoms with Crippen LogP contribution in [0.4, 0.5) is 4.39 Å². The molecule has 1 heterocycles. The molecule has 17 heavy (non-hydrogen) atoms. The number of rotatable bonds is 3. The van der Waals surface area contributed by atoms with Gasteiger partial charge in [0.2, 0.25) is 5.82 Å². The minimum atomic E-state index is -1.24. The predicted molar refractivity (Wildman–Crippen MR) is 55.3 cm³/mol. The average molecular weight is 237 g/mol. The van der Waals surface area contributed by atoms with E-state index in [1.807, 2.05) is 0 Å². The van der Waals surface area contributed by atoms with E-state index in [9.17, 15) is 9.18 Å². The topological polar surface area (TPSA) is 88.1 Å². The lowest BCUT2D eigenvalue weighted by Gasteiger charge is -2.04. The summed E-state index contributed by atoms with van der Waals surface area (Å²) in [6.07, 6.45) is 0. The van der Waals surface area contributed by atoms with Crippen LogP contribution in [0, 0.1) is 5.82 Å². The van der Waals surface area contributed by atoms with Gasteiger partial charge in [-0.25, -0.2) is 14.2 Å². The van der Waals surface area contributed by atoms with E-state index in [1.165, 1.54) is 25.3 Å². The van der Waals surface area contributed by atoms with Gasteiger partial charge in [-0.15, -0.1) is 0 Å². The zero-order valence-corrected chi connectivity index (χ0v) is 8.77. The number of carboxylic acids is 1. The zero-order chi connectivity index (χ0) is 12.4. The van der Waals surface area contributed by atoms with Crippen molar-refractivity contribution < 1.29 is 19.0 Å². The Morgan fingerprint density at radius 3 is 2.88 bits per heavy atom. The fourth-order valence-electron chi connectivity index (χ4n) is 1.33. The maximum Gasteiger partial charge on any atom is 0.373 e. The van der Waals surface area contributed by atoms with E-state index in [1.54, 1.807) is 0 Å². The van der Waals surface area contributed by atoms with Gasteiger partial charge in [-0.1, -0.05) is 0 Å². The predicted octanol–water partition coefficient (Wildman–Crippen LogP) is 1.32. The lowest BCUT2D eigenvalue weighted by molar-refractivity contribution is 0.0684. The van der Waals surface area contributed by atoms with Crippen molar-refractivity contribution in [3.05, 3.63) is 29.8 Å². The number of benzene rings is 1. The smallest absolute Gasteiger partial charge is 0.373 e. The molecule has 2 N–H and O–H groups in total. The van der Waals surface area contributed by atoms with Crippen LogP contribution in [0.1, 0.15) is 10.6 Å². The summed E-state index contributed by atoms with van der Waals surface area (Å²) < 4.78 is 18.1. The normalized spacial score (nSPS) is 10.2. The summed E-state index contributed by atoms with van der Waals surface area (Å²) in [6.45, 7) is 0. The van der Waals surface area contributed by atoms with Crippen LogP contribution in [-0.4, -0.2) is 33.4 Å². The molecule has 1 aromatic carbocycles. The van der Waals surface area contributed by atoms with Crippen molar-refractivity contribution in [1.29, 1.82) is 0 Å². The zero-order valence-electron chi connectivity index (χ0n) is 8.77. The second-order valence-electron chi connectivity index (χ2n) is 3.16.